The minimum absolute atomic E-state index is 0.0436. The molecule has 4 nitrogen and oxygen atoms in total. The van der Waals surface area contributed by atoms with Gasteiger partial charge in [0.25, 0.3) is 0 Å². The van der Waals surface area contributed by atoms with Crippen molar-refractivity contribution >= 4 is 11.8 Å². The average molecular weight is 354 g/mol. The van der Waals surface area contributed by atoms with E-state index in [0.717, 1.165) is 25.8 Å². The Kier molecular flexibility index (Phi) is 6.87. The van der Waals surface area contributed by atoms with E-state index in [4.69, 9.17) is 0 Å². The molecule has 1 unspecified atom stereocenters. The summed E-state index contributed by atoms with van der Waals surface area (Å²) in [7, 11) is 0. The lowest BCUT2D eigenvalue weighted by Crippen LogP contribution is -2.39. The van der Waals surface area contributed by atoms with Crippen LogP contribution in [0.2, 0.25) is 0 Å². The van der Waals surface area contributed by atoms with Gasteiger partial charge in [-0.2, -0.15) is 0 Å². The average Bonchev–Trinajstić information content (AvgIpc) is 2.68. The van der Waals surface area contributed by atoms with E-state index in [9.17, 15) is 9.59 Å². The first kappa shape index (κ1) is 18.7. The molecule has 0 aromatic heterocycles. The molecule has 1 saturated heterocycles. The first-order valence-electron chi connectivity index (χ1n) is 10.0. The van der Waals surface area contributed by atoms with Gasteiger partial charge in [-0.05, 0) is 56.4 Å². The van der Waals surface area contributed by atoms with Crippen LogP contribution in [0.5, 0.6) is 0 Å². The Balaban J connectivity index is 1.35. The Hall–Kier alpha value is -2.10. The van der Waals surface area contributed by atoms with Crippen LogP contribution in [0.25, 0.3) is 0 Å². The van der Waals surface area contributed by atoms with Crippen molar-refractivity contribution in [3.05, 3.63) is 47.7 Å². The van der Waals surface area contributed by atoms with Crippen LogP contribution >= 0.6 is 0 Å². The zero-order valence-electron chi connectivity index (χ0n) is 15.6. The van der Waals surface area contributed by atoms with E-state index < -0.39 is 0 Å². The van der Waals surface area contributed by atoms with Crippen molar-refractivity contribution in [3.8, 4) is 0 Å². The van der Waals surface area contributed by atoms with Crippen LogP contribution in [0.4, 0.5) is 0 Å². The number of carbonyl (C=O) groups excluding carboxylic acids is 2. The number of hydrogen-bond donors (Lipinski definition) is 1. The van der Waals surface area contributed by atoms with Gasteiger partial charge < -0.3 is 10.2 Å². The normalized spacial score (nSPS) is 19.5. The first-order valence-corrected chi connectivity index (χ1v) is 10.0. The maximum atomic E-state index is 12.6. The van der Waals surface area contributed by atoms with Gasteiger partial charge in [-0.25, -0.2) is 0 Å². The van der Waals surface area contributed by atoms with Gasteiger partial charge in [0, 0.05) is 31.6 Å². The molecule has 2 amide bonds. The molecule has 0 radical (unpaired) electrons. The van der Waals surface area contributed by atoms with E-state index in [2.05, 4.69) is 23.5 Å². The molecule has 1 fully saturated rings. The van der Waals surface area contributed by atoms with Crippen molar-refractivity contribution in [2.75, 3.05) is 13.1 Å². The topological polar surface area (TPSA) is 49.4 Å². The Labute approximate surface area is 156 Å². The highest BCUT2D eigenvalue weighted by Gasteiger charge is 2.29. The minimum atomic E-state index is 0.0436. The van der Waals surface area contributed by atoms with E-state index in [0.29, 0.717) is 31.7 Å². The molecule has 0 spiro atoms. The fourth-order valence-electron chi connectivity index (χ4n) is 4.06. The van der Waals surface area contributed by atoms with E-state index in [1.165, 1.54) is 30.5 Å². The monoisotopic (exact) mass is 354 g/mol. The third-order valence-electron chi connectivity index (χ3n) is 5.45. The second kappa shape index (κ2) is 9.56. The number of nitrogens with one attached hydrogen (secondary N) is 1. The lowest BCUT2D eigenvalue weighted by Gasteiger charge is -2.38. The quantitative estimate of drug-likeness (QED) is 0.809. The zero-order chi connectivity index (χ0) is 18.2. The number of piperidine rings is 1. The summed E-state index contributed by atoms with van der Waals surface area (Å²) >= 11 is 0. The lowest BCUT2D eigenvalue weighted by atomic mass is 9.85. The maximum Gasteiger partial charge on any atom is 0.226 e. The molecular weight excluding hydrogens is 324 g/mol. The van der Waals surface area contributed by atoms with Crippen molar-refractivity contribution in [1.29, 1.82) is 0 Å². The molecule has 3 rings (SSSR count). The van der Waals surface area contributed by atoms with Gasteiger partial charge in [0.2, 0.25) is 11.8 Å². The molecule has 26 heavy (non-hydrogen) atoms. The Morgan fingerprint density at radius 3 is 2.73 bits per heavy atom. The molecule has 1 N–H and O–H groups in total. The number of carbonyl (C=O) groups is 2. The SMILES string of the molecule is O=C(CCCC(=O)N1CCCC2CCCC=C21)NCCc1ccccc1. The first-order chi connectivity index (χ1) is 12.7. The van der Waals surface area contributed by atoms with Crippen molar-refractivity contribution in [2.24, 2.45) is 5.92 Å². The number of nitrogens with zero attached hydrogens (tertiary/aromatic N) is 1. The highest BCUT2D eigenvalue weighted by Crippen LogP contribution is 2.35. The highest BCUT2D eigenvalue weighted by molar-refractivity contribution is 5.80. The van der Waals surface area contributed by atoms with Crippen LogP contribution in [-0.2, 0) is 16.0 Å². The lowest BCUT2D eigenvalue weighted by molar-refractivity contribution is -0.130. The van der Waals surface area contributed by atoms with Crippen LogP contribution in [0, 0.1) is 5.92 Å². The number of likely N-dealkylation sites (tertiary alicyclic amines) is 1. The predicted molar refractivity (Wildman–Crippen MR) is 103 cm³/mol. The van der Waals surface area contributed by atoms with Crippen LogP contribution in [0.3, 0.4) is 0 Å². The summed E-state index contributed by atoms with van der Waals surface area (Å²) < 4.78 is 0. The predicted octanol–water partition coefficient (Wildman–Crippen LogP) is 3.82. The zero-order valence-corrected chi connectivity index (χ0v) is 15.6. The summed E-state index contributed by atoms with van der Waals surface area (Å²) in [6.45, 7) is 1.50. The molecule has 0 bridgehead atoms. The van der Waals surface area contributed by atoms with Gasteiger partial charge in [0.15, 0.2) is 0 Å². The molecule has 1 atom stereocenters. The van der Waals surface area contributed by atoms with Gasteiger partial charge in [-0.1, -0.05) is 36.4 Å². The maximum absolute atomic E-state index is 12.6. The van der Waals surface area contributed by atoms with E-state index >= 15 is 0 Å². The van der Waals surface area contributed by atoms with Crippen molar-refractivity contribution in [3.63, 3.8) is 0 Å². The third-order valence-corrected chi connectivity index (χ3v) is 5.45. The molecule has 1 aliphatic heterocycles. The van der Waals surface area contributed by atoms with Gasteiger partial charge in [-0.15, -0.1) is 0 Å². The van der Waals surface area contributed by atoms with Crippen LogP contribution < -0.4 is 5.32 Å². The standard InChI is InChI=1S/C22H30N2O2/c25-21(23-16-15-18-8-2-1-3-9-18)13-6-14-22(26)24-17-7-11-19-10-4-5-12-20(19)24/h1-3,8-9,12,19H,4-7,10-11,13-17H2,(H,23,25). The largest absolute Gasteiger partial charge is 0.356 e. The minimum Gasteiger partial charge on any atom is -0.356 e. The molecular formula is C22H30N2O2. The second-order valence-electron chi connectivity index (χ2n) is 7.38. The highest BCUT2D eigenvalue weighted by atomic mass is 16.2. The summed E-state index contributed by atoms with van der Waals surface area (Å²) in [4.78, 5) is 26.6. The summed E-state index contributed by atoms with van der Waals surface area (Å²) in [5.41, 5.74) is 2.49. The third kappa shape index (κ3) is 5.20. The van der Waals surface area contributed by atoms with Gasteiger partial charge >= 0.3 is 0 Å². The number of hydrogen-bond acceptors (Lipinski definition) is 2. The summed E-state index contributed by atoms with van der Waals surface area (Å²) in [6, 6.07) is 10.1. The molecule has 4 heteroatoms. The number of benzene rings is 1. The Morgan fingerprint density at radius 1 is 1.08 bits per heavy atom. The summed E-state index contributed by atoms with van der Waals surface area (Å²) in [5, 5.41) is 2.95. The van der Waals surface area contributed by atoms with Crippen LogP contribution in [0.1, 0.15) is 56.9 Å². The Bertz CT molecular complexity index is 639. The van der Waals surface area contributed by atoms with E-state index in [-0.39, 0.29) is 11.8 Å². The molecule has 0 saturated carbocycles. The van der Waals surface area contributed by atoms with Gasteiger partial charge in [-0.3, -0.25) is 9.59 Å². The summed E-state index contributed by atoms with van der Waals surface area (Å²) in [5.74, 6) is 0.824. The smallest absolute Gasteiger partial charge is 0.226 e. The van der Waals surface area contributed by atoms with Crippen molar-refractivity contribution in [2.45, 2.75) is 57.8 Å². The fraction of sp³-hybridized carbons (Fsp3) is 0.545. The molecule has 1 aliphatic carbocycles. The van der Waals surface area contributed by atoms with Crippen molar-refractivity contribution in [1.82, 2.24) is 10.2 Å². The fourth-order valence-corrected chi connectivity index (χ4v) is 4.06. The molecule has 2 aliphatic rings. The Morgan fingerprint density at radius 2 is 1.88 bits per heavy atom. The second-order valence-corrected chi connectivity index (χ2v) is 7.38. The number of amides is 2. The molecule has 1 heterocycles. The van der Waals surface area contributed by atoms with Crippen LogP contribution in [-0.4, -0.2) is 29.8 Å². The van der Waals surface area contributed by atoms with E-state index in [1.54, 1.807) is 0 Å². The van der Waals surface area contributed by atoms with E-state index in [1.807, 2.05) is 23.1 Å². The number of allylic oxidation sites excluding steroid dienone is 2. The summed E-state index contributed by atoms with van der Waals surface area (Å²) in [6.07, 6.45) is 10.5. The number of fused-ring (bicyclic) bond motifs is 1. The van der Waals surface area contributed by atoms with Gasteiger partial charge in [0.1, 0.15) is 0 Å². The van der Waals surface area contributed by atoms with Crippen LogP contribution in [0.15, 0.2) is 42.1 Å². The molecule has 1 aromatic rings. The van der Waals surface area contributed by atoms with Gasteiger partial charge in [0.05, 0.1) is 0 Å². The molecule has 140 valence electrons. The molecule has 1 aromatic carbocycles. The number of rotatable bonds is 7. The van der Waals surface area contributed by atoms with Crippen molar-refractivity contribution < 1.29 is 9.59 Å².